The summed E-state index contributed by atoms with van der Waals surface area (Å²) in [4.78, 5) is 7.32. The van der Waals surface area contributed by atoms with E-state index >= 15 is 0 Å². The maximum Gasteiger partial charge on any atom is 0.125 e. The zero-order valence-electron chi connectivity index (χ0n) is 5.56. The van der Waals surface area contributed by atoms with Gasteiger partial charge in [0.1, 0.15) is 5.17 Å². The van der Waals surface area contributed by atoms with Gasteiger partial charge in [-0.15, -0.1) is 0 Å². The van der Waals surface area contributed by atoms with E-state index in [1.54, 1.807) is 20.0 Å². The third-order valence-electron chi connectivity index (χ3n) is 0.791. The van der Waals surface area contributed by atoms with Crippen molar-refractivity contribution in [2.45, 2.75) is 6.92 Å². The number of halogens is 1. The molecule has 3 heteroatoms. The number of hydrogen-bond donors (Lipinski definition) is 0. The molecular weight excluding hydrogens is 136 g/mol. The maximum atomic E-state index is 5.52. The van der Waals surface area contributed by atoms with Gasteiger partial charge in [0, 0.05) is 12.7 Å². The van der Waals surface area contributed by atoms with E-state index in [-0.39, 0.29) is 0 Å². The molecule has 0 N–H and O–H groups in total. The standard InChI is InChI=1S/C6H9ClN2/c1-5(8-2)4-6(7)9-3/h4H,2H2,1,3H3/b5-4-,9-6+. The molecule has 0 rings (SSSR count). The second-order valence-corrected chi connectivity index (χ2v) is 1.88. The van der Waals surface area contributed by atoms with E-state index in [0.717, 1.165) is 5.70 Å². The number of hydrogen-bond acceptors (Lipinski definition) is 2. The second-order valence-electron chi connectivity index (χ2n) is 1.49. The Balaban J connectivity index is 4.11. The minimum Gasteiger partial charge on any atom is -0.276 e. The van der Waals surface area contributed by atoms with E-state index in [0.29, 0.717) is 5.17 Å². The molecule has 0 heterocycles. The van der Waals surface area contributed by atoms with Gasteiger partial charge in [0.05, 0.1) is 0 Å². The fourth-order valence-electron chi connectivity index (χ4n) is 0.283. The van der Waals surface area contributed by atoms with Crippen LogP contribution < -0.4 is 0 Å². The van der Waals surface area contributed by atoms with Crippen LogP contribution in [0.2, 0.25) is 0 Å². The van der Waals surface area contributed by atoms with Gasteiger partial charge in [-0.1, -0.05) is 11.6 Å². The molecule has 50 valence electrons. The van der Waals surface area contributed by atoms with Gasteiger partial charge in [0.15, 0.2) is 0 Å². The topological polar surface area (TPSA) is 24.7 Å². The van der Waals surface area contributed by atoms with Gasteiger partial charge in [0.2, 0.25) is 0 Å². The zero-order chi connectivity index (χ0) is 7.28. The molecule has 0 aliphatic carbocycles. The Morgan fingerprint density at radius 1 is 1.67 bits per heavy atom. The van der Waals surface area contributed by atoms with Crippen LogP contribution in [0.1, 0.15) is 6.92 Å². The van der Waals surface area contributed by atoms with Gasteiger partial charge in [-0.25, -0.2) is 0 Å². The van der Waals surface area contributed by atoms with Crippen molar-refractivity contribution in [3.8, 4) is 0 Å². The van der Waals surface area contributed by atoms with Gasteiger partial charge in [-0.2, -0.15) is 0 Å². The highest BCUT2D eigenvalue weighted by Crippen LogP contribution is 1.95. The van der Waals surface area contributed by atoms with Crippen LogP contribution in [0.4, 0.5) is 0 Å². The quantitative estimate of drug-likeness (QED) is 0.529. The Labute approximate surface area is 60.0 Å². The molecule has 0 radical (unpaired) electrons. The molecule has 0 atom stereocenters. The average Bonchev–Trinajstić information content (AvgIpc) is 1.87. The summed E-state index contributed by atoms with van der Waals surface area (Å²) >= 11 is 5.52. The molecule has 0 aromatic carbocycles. The van der Waals surface area contributed by atoms with E-state index in [9.17, 15) is 0 Å². The molecule has 9 heavy (non-hydrogen) atoms. The lowest BCUT2D eigenvalue weighted by Crippen LogP contribution is -1.79. The number of nitrogens with zero attached hydrogens (tertiary/aromatic N) is 2. The third kappa shape index (κ3) is 3.91. The summed E-state index contributed by atoms with van der Waals surface area (Å²) in [5.41, 5.74) is 0.769. The number of allylic oxidation sites excluding steroid dienone is 2. The second kappa shape index (κ2) is 4.27. The number of rotatable bonds is 2. The van der Waals surface area contributed by atoms with Crippen LogP contribution in [-0.4, -0.2) is 18.9 Å². The van der Waals surface area contributed by atoms with Gasteiger partial charge < -0.3 is 0 Å². The summed E-state index contributed by atoms with van der Waals surface area (Å²) in [6, 6.07) is 0. The van der Waals surface area contributed by atoms with E-state index in [1.807, 2.05) is 0 Å². The fraction of sp³-hybridized carbons (Fsp3) is 0.333. The minimum absolute atomic E-state index is 0.444. The predicted molar refractivity (Wildman–Crippen MR) is 42.5 cm³/mol. The molecular formula is C6H9ClN2. The van der Waals surface area contributed by atoms with Crippen molar-refractivity contribution in [1.29, 1.82) is 0 Å². The van der Waals surface area contributed by atoms with Crippen molar-refractivity contribution < 1.29 is 0 Å². The molecule has 0 fully saturated rings. The summed E-state index contributed by atoms with van der Waals surface area (Å²) in [7, 11) is 1.62. The van der Waals surface area contributed by atoms with Crippen LogP contribution in [0.15, 0.2) is 21.8 Å². The first-order valence-electron chi connectivity index (χ1n) is 2.48. The molecule has 0 amide bonds. The summed E-state index contributed by atoms with van der Waals surface area (Å²) in [5.74, 6) is 0. The third-order valence-corrected chi connectivity index (χ3v) is 1.07. The highest BCUT2D eigenvalue weighted by Gasteiger charge is 1.84. The Bertz CT molecular complexity index is 158. The molecule has 0 bridgehead atoms. The van der Waals surface area contributed by atoms with E-state index in [2.05, 4.69) is 16.7 Å². The van der Waals surface area contributed by atoms with Crippen LogP contribution in [0, 0.1) is 0 Å². The van der Waals surface area contributed by atoms with Gasteiger partial charge in [0.25, 0.3) is 0 Å². The predicted octanol–water partition coefficient (Wildman–Crippen LogP) is 1.86. The monoisotopic (exact) mass is 144 g/mol. The van der Waals surface area contributed by atoms with E-state index < -0.39 is 0 Å². The zero-order valence-corrected chi connectivity index (χ0v) is 6.31. The fourth-order valence-corrected chi connectivity index (χ4v) is 0.440. The highest BCUT2D eigenvalue weighted by molar-refractivity contribution is 6.68. The molecule has 0 aliphatic heterocycles. The van der Waals surface area contributed by atoms with E-state index in [4.69, 9.17) is 11.6 Å². The first-order valence-corrected chi connectivity index (χ1v) is 2.85. The Morgan fingerprint density at radius 2 is 2.22 bits per heavy atom. The average molecular weight is 145 g/mol. The van der Waals surface area contributed by atoms with Gasteiger partial charge in [-0.05, 0) is 19.7 Å². The molecule has 0 saturated heterocycles. The molecule has 0 aromatic heterocycles. The summed E-state index contributed by atoms with van der Waals surface area (Å²) in [6.45, 7) is 5.12. The molecule has 0 unspecified atom stereocenters. The first kappa shape index (κ1) is 8.37. The molecule has 0 spiro atoms. The lowest BCUT2D eigenvalue weighted by molar-refractivity contribution is 1.33. The van der Waals surface area contributed by atoms with Crippen molar-refractivity contribution in [2.75, 3.05) is 7.05 Å². The van der Waals surface area contributed by atoms with Crippen molar-refractivity contribution in [3.63, 3.8) is 0 Å². The molecule has 0 saturated carbocycles. The largest absolute Gasteiger partial charge is 0.276 e. The molecule has 0 aliphatic rings. The van der Waals surface area contributed by atoms with Crippen molar-refractivity contribution in [1.82, 2.24) is 0 Å². The summed E-state index contributed by atoms with van der Waals surface area (Å²) < 4.78 is 0. The van der Waals surface area contributed by atoms with Crippen LogP contribution in [0.5, 0.6) is 0 Å². The van der Waals surface area contributed by atoms with Crippen molar-refractivity contribution in [2.24, 2.45) is 9.98 Å². The van der Waals surface area contributed by atoms with Gasteiger partial charge in [-0.3, -0.25) is 9.98 Å². The van der Waals surface area contributed by atoms with Crippen LogP contribution in [0.25, 0.3) is 0 Å². The van der Waals surface area contributed by atoms with Crippen molar-refractivity contribution >= 4 is 23.5 Å². The lowest BCUT2D eigenvalue weighted by Gasteiger charge is -1.86. The van der Waals surface area contributed by atoms with Gasteiger partial charge >= 0.3 is 0 Å². The van der Waals surface area contributed by atoms with Crippen molar-refractivity contribution in [3.05, 3.63) is 11.8 Å². The SMILES string of the molecule is C=N/C(C)=C\C(Cl)=N/C. The minimum atomic E-state index is 0.444. The first-order chi connectivity index (χ1) is 4.20. The Hall–Kier alpha value is -0.630. The highest BCUT2D eigenvalue weighted by atomic mass is 35.5. The Kier molecular flexibility index (Phi) is 3.97. The molecule has 2 nitrogen and oxygen atoms in total. The van der Waals surface area contributed by atoms with Crippen LogP contribution >= 0.6 is 11.6 Å². The van der Waals surface area contributed by atoms with Crippen LogP contribution in [-0.2, 0) is 0 Å². The summed E-state index contributed by atoms with van der Waals surface area (Å²) in [6.07, 6.45) is 1.65. The van der Waals surface area contributed by atoms with E-state index in [1.165, 1.54) is 0 Å². The number of aliphatic imine (C=N–C) groups is 2. The lowest BCUT2D eigenvalue weighted by atomic mass is 10.5. The molecule has 0 aromatic rings. The van der Waals surface area contributed by atoms with Crippen LogP contribution in [0.3, 0.4) is 0 Å². The Morgan fingerprint density at radius 3 is 2.56 bits per heavy atom. The summed E-state index contributed by atoms with van der Waals surface area (Å²) in [5, 5.41) is 0.444. The normalized spacial score (nSPS) is 13.7. The smallest absolute Gasteiger partial charge is 0.125 e. The maximum absolute atomic E-state index is 5.52.